The average molecular weight is 321 g/mol. The largest absolute Gasteiger partial charge is 0.508 e. The molecule has 0 aromatic heterocycles. The van der Waals surface area contributed by atoms with Crippen LogP contribution in [0.3, 0.4) is 0 Å². The number of hydrogen-bond donors (Lipinski definition) is 3. The van der Waals surface area contributed by atoms with Crippen molar-refractivity contribution >= 4 is 0 Å². The first-order valence-electron chi connectivity index (χ1n) is 7.60. The van der Waals surface area contributed by atoms with E-state index < -0.39 is 11.9 Å². The molecule has 2 aromatic carbocycles. The lowest BCUT2D eigenvalue weighted by Crippen LogP contribution is -2.31. The van der Waals surface area contributed by atoms with Gasteiger partial charge in [-0.15, -0.1) is 0 Å². The number of phenols is 1. The van der Waals surface area contributed by atoms with Gasteiger partial charge in [-0.1, -0.05) is 12.1 Å². The Morgan fingerprint density at radius 3 is 2.43 bits per heavy atom. The minimum absolute atomic E-state index is 0.120. The maximum atomic E-state index is 13.6. The number of hydrogen-bond acceptors (Lipinski definition) is 3. The van der Waals surface area contributed by atoms with Crippen molar-refractivity contribution in [1.29, 1.82) is 0 Å². The molecule has 0 aliphatic carbocycles. The van der Waals surface area contributed by atoms with Crippen LogP contribution in [0.15, 0.2) is 42.5 Å². The summed E-state index contributed by atoms with van der Waals surface area (Å²) < 4.78 is 26.5. The molecule has 0 heterocycles. The minimum Gasteiger partial charge on any atom is -0.508 e. The van der Waals surface area contributed by atoms with Gasteiger partial charge in [-0.25, -0.2) is 8.78 Å². The fourth-order valence-corrected chi connectivity index (χ4v) is 2.35. The Balaban J connectivity index is 1.79. The SMILES string of the molecule is CC(CCc1ccc(F)cc1)NCC(O)c1ccc(O)cc1F. The van der Waals surface area contributed by atoms with E-state index in [0.29, 0.717) is 0 Å². The van der Waals surface area contributed by atoms with Crippen LogP contribution in [-0.4, -0.2) is 22.8 Å². The van der Waals surface area contributed by atoms with Crippen molar-refractivity contribution in [2.45, 2.75) is 31.9 Å². The number of benzene rings is 2. The van der Waals surface area contributed by atoms with Gasteiger partial charge in [0.25, 0.3) is 0 Å². The molecule has 5 heteroatoms. The third-order valence-corrected chi connectivity index (χ3v) is 3.78. The van der Waals surface area contributed by atoms with Crippen molar-refractivity contribution < 1.29 is 19.0 Å². The van der Waals surface area contributed by atoms with Crippen LogP contribution < -0.4 is 5.32 Å². The molecule has 0 radical (unpaired) electrons. The van der Waals surface area contributed by atoms with Crippen LogP contribution in [0.1, 0.15) is 30.6 Å². The zero-order valence-corrected chi connectivity index (χ0v) is 13.0. The van der Waals surface area contributed by atoms with Gasteiger partial charge in [-0.2, -0.15) is 0 Å². The standard InChI is InChI=1S/C18H21F2NO2/c1-12(2-3-13-4-6-14(19)7-5-13)21-11-18(23)16-9-8-15(22)10-17(16)20/h4-10,12,18,21-23H,2-3,11H2,1H3. The molecule has 0 aliphatic rings. The first-order chi connectivity index (χ1) is 11.0. The second-order valence-corrected chi connectivity index (χ2v) is 5.70. The molecule has 2 rings (SSSR count). The number of aliphatic hydroxyl groups is 1. The second-order valence-electron chi connectivity index (χ2n) is 5.70. The van der Waals surface area contributed by atoms with Gasteiger partial charge in [0.05, 0.1) is 6.10 Å². The monoisotopic (exact) mass is 321 g/mol. The number of phenolic OH excluding ortho intramolecular Hbond substituents is 1. The van der Waals surface area contributed by atoms with Gasteiger partial charge >= 0.3 is 0 Å². The van der Waals surface area contributed by atoms with E-state index in [1.54, 1.807) is 12.1 Å². The van der Waals surface area contributed by atoms with Crippen molar-refractivity contribution in [1.82, 2.24) is 5.32 Å². The highest BCUT2D eigenvalue weighted by molar-refractivity contribution is 5.29. The molecule has 2 aromatic rings. The summed E-state index contributed by atoms with van der Waals surface area (Å²) in [6, 6.07) is 10.2. The van der Waals surface area contributed by atoms with E-state index in [2.05, 4.69) is 5.32 Å². The third-order valence-electron chi connectivity index (χ3n) is 3.78. The number of halogens is 2. The average Bonchev–Trinajstić information content (AvgIpc) is 2.52. The van der Waals surface area contributed by atoms with E-state index in [1.807, 2.05) is 6.92 Å². The molecule has 23 heavy (non-hydrogen) atoms. The number of nitrogens with one attached hydrogen (secondary N) is 1. The van der Waals surface area contributed by atoms with Crippen molar-refractivity contribution in [2.24, 2.45) is 0 Å². The van der Waals surface area contributed by atoms with E-state index in [0.717, 1.165) is 24.5 Å². The maximum absolute atomic E-state index is 13.6. The Kier molecular flexibility index (Phi) is 6.07. The fraction of sp³-hybridized carbons (Fsp3) is 0.333. The fourth-order valence-electron chi connectivity index (χ4n) is 2.35. The molecule has 3 N–H and O–H groups in total. The molecule has 0 aliphatic heterocycles. The van der Waals surface area contributed by atoms with Gasteiger partial charge in [0.2, 0.25) is 0 Å². The summed E-state index contributed by atoms with van der Waals surface area (Å²) in [5, 5.41) is 22.4. The van der Waals surface area contributed by atoms with E-state index in [-0.39, 0.29) is 29.7 Å². The predicted octanol–water partition coefficient (Wildman–Crippen LogP) is 3.31. The summed E-state index contributed by atoms with van der Waals surface area (Å²) in [5.74, 6) is -1.05. The van der Waals surface area contributed by atoms with Crippen molar-refractivity contribution in [3.63, 3.8) is 0 Å². The Morgan fingerprint density at radius 2 is 1.78 bits per heavy atom. The molecular weight excluding hydrogens is 300 g/mol. The molecule has 0 fully saturated rings. The normalized spacial score (nSPS) is 13.7. The quantitative estimate of drug-likeness (QED) is 0.733. The highest BCUT2D eigenvalue weighted by atomic mass is 19.1. The topological polar surface area (TPSA) is 52.5 Å². The number of aryl methyl sites for hydroxylation is 1. The first kappa shape index (κ1) is 17.4. The summed E-state index contributed by atoms with van der Waals surface area (Å²) in [4.78, 5) is 0. The van der Waals surface area contributed by atoms with E-state index >= 15 is 0 Å². The van der Waals surface area contributed by atoms with Crippen LogP contribution in [0, 0.1) is 11.6 Å². The molecule has 0 spiro atoms. The van der Waals surface area contributed by atoms with Gasteiger partial charge in [0.1, 0.15) is 17.4 Å². The molecular formula is C18H21F2NO2. The van der Waals surface area contributed by atoms with Gasteiger partial charge in [-0.05, 0) is 49.6 Å². The molecule has 2 unspecified atom stereocenters. The Morgan fingerprint density at radius 1 is 1.09 bits per heavy atom. The smallest absolute Gasteiger partial charge is 0.132 e. The van der Waals surface area contributed by atoms with Crippen LogP contribution in [0.25, 0.3) is 0 Å². The Hall–Kier alpha value is -1.98. The molecule has 0 saturated carbocycles. The molecule has 3 nitrogen and oxygen atoms in total. The Bertz CT molecular complexity index is 631. The van der Waals surface area contributed by atoms with Crippen LogP contribution in [-0.2, 0) is 6.42 Å². The van der Waals surface area contributed by atoms with E-state index in [9.17, 15) is 19.0 Å². The second kappa shape index (κ2) is 8.04. The van der Waals surface area contributed by atoms with Crippen molar-refractivity contribution in [3.05, 3.63) is 65.2 Å². The zero-order chi connectivity index (χ0) is 16.8. The number of aromatic hydroxyl groups is 1. The highest BCUT2D eigenvalue weighted by Gasteiger charge is 2.14. The number of aliphatic hydroxyl groups excluding tert-OH is 1. The number of rotatable bonds is 7. The van der Waals surface area contributed by atoms with Crippen molar-refractivity contribution in [2.75, 3.05) is 6.54 Å². The maximum Gasteiger partial charge on any atom is 0.132 e. The minimum atomic E-state index is -0.983. The third kappa shape index (κ3) is 5.30. The predicted molar refractivity (Wildman–Crippen MR) is 85.2 cm³/mol. The molecule has 2 atom stereocenters. The highest BCUT2D eigenvalue weighted by Crippen LogP contribution is 2.21. The summed E-state index contributed by atoms with van der Waals surface area (Å²) in [6.07, 6.45) is 0.623. The van der Waals surface area contributed by atoms with Crippen LogP contribution in [0.2, 0.25) is 0 Å². The van der Waals surface area contributed by atoms with E-state index in [1.165, 1.54) is 24.3 Å². The Labute approximate surface area is 134 Å². The molecule has 0 bridgehead atoms. The van der Waals surface area contributed by atoms with Gasteiger partial charge < -0.3 is 15.5 Å². The summed E-state index contributed by atoms with van der Waals surface area (Å²) >= 11 is 0. The van der Waals surface area contributed by atoms with Crippen LogP contribution in [0.4, 0.5) is 8.78 Å². The molecule has 124 valence electrons. The summed E-state index contributed by atoms with van der Waals surface area (Å²) in [5.41, 5.74) is 1.20. The summed E-state index contributed by atoms with van der Waals surface area (Å²) in [6.45, 7) is 2.19. The first-order valence-corrected chi connectivity index (χ1v) is 7.60. The van der Waals surface area contributed by atoms with Gasteiger partial charge in [0, 0.05) is 24.2 Å². The lowest BCUT2D eigenvalue weighted by molar-refractivity contribution is 0.165. The van der Waals surface area contributed by atoms with Gasteiger partial charge in [-0.3, -0.25) is 0 Å². The van der Waals surface area contributed by atoms with Crippen LogP contribution in [0.5, 0.6) is 5.75 Å². The lowest BCUT2D eigenvalue weighted by atomic mass is 10.0. The van der Waals surface area contributed by atoms with Gasteiger partial charge in [0.15, 0.2) is 0 Å². The molecule has 0 saturated heterocycles. The molecule has 0 amide bonds. The van der Waals surface area contributed by atoms with E-state index in [4.69, 9.17) is 0 Å². The lowest BCUT2D eigenvalue weighted by Gasteiger charge is -2.18. The van der Waals surface area contributed by atoms with Crippen molar-refractivity contribution in [3.8, 4) is 5.75 Å². The van der Waals surface area contributed by atoms with Crippen LogP contribution >= 0.6 is 0 Å². The summed E-state index contributed by atoms with van der Waals surface area (Å²) in [7, 11) is 0. The zero-order valence-electron chi connectivity index (χ0n) is 13.0.